The number of rotatable bonds is 10. The van der Waals surface area contributed by atoms with E-state index in [0.29, 0.717) is 24.5 Å². The summed E-state index contributed by atoms with van der Waals surface area (Å²) < 4.78 is 7.01. The number of ether oxygens (including phenoxy) is 1. The molecule has 0 saturated heterocycles. The first-order valence-corrected chi connectivity index (χ1v) is 12.6. The molecule has 1 atom stereocenters. The van der Waals surface area contributed by atoms with Gasteiger partial charge in [0, 0.05) is 24.5 Å². The second-order valence-corrected chi connectivity index (χ2v) is 9.49. The van der Waals surface area contributed by atoms with Crippen LogP contribution in [-0.4, -0.2) is 58.7 Å². The zero-order chi connectivity index (χ0) is 25.8. The molecule has 0 unspecified atom stereocenters. The highest BCUT2D eigenvalue weighted by molar-refractivity contribution is 6.09. The Morgan fingerprint density at radius 2 is 1.76 bits per heavy atom. The van der Waals surface area contributed by atoms with Crippen LogP contribution in [-0.2, 0) is 13.0 Å². The lowest BCUT2D eigenvalue weighted by Crippen LogP contribution is -2.50. The third-order valence-electron chi connectivity index (χ3n) is 6.68. The van der Waals surface area contributed by atoms with Gasteiger partial charge in [-0.05, 0) is 54.8 Å². The number of carbonyl (C=O) groups is 2. The minimum Gasteiger partial charge on any atom is -0.491 e. The van der Waals surface area contributed by atoms with Gasteiger partial charge >= 0.3 is 0 Å². The smallest absolute Gasteiger partial charge is 0.271 e. The normalized spacial score (nSPS) is 14.2. The molecule has 2 N–H and O–H groups in total. The molecule has 7 nitrogen and oxygen atoms in total. The van der Waals surface area contributed by atoms with Crippen molar-refractivity contribution < 1.29 is 19.4 Å². The highest BCUT2D eigenvalue weighted by Crippen LogP contribution is 2.25. The second kappa shape index (κ2) is 11.0. The molecule has 0 saturated carbocycles. The van der Waals surface area contributed by atoms with Gasteiger partial charge < -0.3 is 20.1 Å². The van der Waals surface area contributed by atoms with Gasteiger partial charge in [0.25, 0.3) is 11.8 Å². The van der Waals surface area contributed by atoms with E-state index in [4.69, 9.17) is 9.84 Å². The van der Waals surface area contributed by atoms with Gasteiger partial charge in [-0.3, -0.25) is 14.2 Å². The number of benzene rings is 3. The fraction of sp³-hybridized carbons (Fsp3) is 0.267. The van der Waals surface area contributed by atoms with E-state index in [9.17, 15) is 9.59 Å². The first-order chi connectivity index (χ1) is 18.0. The minimum absolute atomic E-state index is 0.0252. The standard InChI is InChI=1S/C30H31N3O4/c1-21-7-12-27-24(15-21)17-28-30(36)32(20-29(35)33(27)28)19-25(16-22-5-3-2-4-6-22)31-18-23-8-10-26(11-9-23)37-14-13-34/h2-12,15,17,25,31,34H,13-14,16,18-20H2,1H3/t25-/m0/s1. The van der Waals surface area contributed by atoms with Crippen LogP contribution in [0.4, 0.5) is 0 Å². The Morgan fingerprint density at radius 1 is 0.973 bits per heavy atom. The summed E-state index contributed by atoms with van der Waals surface area (Å²) >= 11 is 0. The van der Waals surface area contributed by atoms with Crippen molar-refractivity contribution in [3.05, 3.63) is 101 Å². The summed E-state index contributed by atoms with van der Waals surface area (Å²) in [5.41, 5.74) is 4.53. The van der Waals surface area contributed by atoms with Gasteiger partial charge in [-0.2, -0.15) is 0 Å². The van der Waals surface area contributed by atoms with Crippen molar-refractivity contribution in [3.8, 4) is 5.75 Å². The van der Waals surface area contributed by atoms with Crippen molar-refractivity contribution in [2.24, 2.45) is 0 Å². The molecule has 5 rings (SSSR count). The van der Waals surface area contributed by atoms with Crippen LogP contribution in [0.25, 0.3) is 10.9 Å². The van der Waals surface area contributed by atoms with Crippen molar-refractivity contribution in [2.75, 3.05) is 26.3 Å². The van der Waals surface area contributed by atoms with Crippen LogP contribution >= 0.6 is 0 Å². The highest BCUT2D eigenvalue weighted by Gasteiger charge is 2.32. The molecule has 0 fully saturated rings. The van der Waals surface area contributed by atoms with Gasteiger partial charge in [-0.1, -0.05) is 54.1 Å². The SMILES string of the molecule is Cc1ccc2c(c1)cc1n2C(=O)CN(C[C@H](Cc2ccccc2)NCc2ccc(OCCO)cc2)C1=O. The average molecular weight is 498 g/mol. The number of amides is 1. The first kappa shape index (κ1) is 24.7. The Kier molecular flexibility index (Phi) is 7.35. The summed E-state index contributed by atoms with van der Waals surface area (Å²) in [5, 5.41) is 13.4. The average Bonchev–Trinajstić information content (AvgIpc) is 3.29. The summed E-state index contributed by atoms with van der Waals surface area (Å²) in [6.07, 6.45) is 0.721. The fourth-order valence-corrected chi connectivity index (χ4v) is 4.87. The van der Waals surface area contributed by atoms with Crippen molar-refractivity contribution in [2.45, 2.75) is 25.9 Å². The van der Waals surface area contributed by atoms with Gasteiger partial charge in [0.1, 0.15) is 24.6 Å². The second-order valence-electron chi connectivity index (χ2n) is 9.49. The third-order valence-corrected chi connectivity index (χ3v) is 6.68. The molecule has 4 aromatic rings. The van der Waals surface area contributed by atoms with Gasteiger partial charge in [0.15, 0.2) is 0 Å². The Bertz CT molecular complexity index is 1400. The van der Waals surface area contributed by atoms with Crippen LogP contribution in [0.1, 0.15) is 32.0 Å². The molecular formula is C30H31N3O4. The van der Waals surface area contributed by atoms with Gasteiger partial charge in [0.05, 0.1) is 12.1 Å². The van der Waals surface area contributed by atoms with E-state index in [0.717, 1.165) is 34.0 Å². The molecule has 0 radical (unpaired) electrons. The number of fused-ring (bicyclic) bond motifs is 3. The number of aliphatic hydroxyl groups is 1. The van der Waals surface area contributed by atoms with Crippen LogP contribution in [0.5, 0.6) is 5.75 Å². The molecule has 2 heterocycles. The molecule has 3 aromatic carbocycles. The zero-order valence-electron chi connectivity index (χ0n) is 20.9. The lowest BCUT2D eigenvalue weighted by atomic mass is 10.0. The maximum absolute atomic E-state index is 13.5. The molecule has 190 valence electrons. The molecule has 7 heteroatoms. The van der Waals surface area contributed by atoms with Crippen molar-refractivity contribution >= 4 is 22.7 Å². The summed E-state index contributed by atoms with van der Waals surface area (Å²) in [5.74, 6) is 0.491. The van der Waals surface area contributed by atoms with Crippen LogP contribution in [0, 0.1) is 6.92 Å². The monoisotopic (exact) mass is 497 g/mol. The van der Waals surface area contributed by atoms with E-state index in [2.05, 4.69) is 17.4 Å². The van der Waals surface area contributed by atoms with E-state index >= 15 is 0 Å². The maximum Gasteiger partial charge on any atom is 0.271 e. The van der Waals surface area contributed by atoms with Crippen molar-refractivity contribution in [1.29, 1.82) is 0 Å². The molecule has 37 heavy (non-hydrogen) atoms. The van der Waals surface area contributed by atoms with E-state index in [-0.39, 0.29) is 37.6 Å². The van der Waals surface area contributed by atoms with E-state index in [1.165, 1.54) is 0 Å². The van der Waals surface area contributed by atoms with Crippen molar-refractivity contribution in [3.63, 3.8) is 0 Å². The summed E-state index contributed by atoms with van der Waals surface area (Å²) in [7, 11) is 0. The number of nitrogens with zero attached hydrogens (tertiary/aromatic N) is 2. The fourth-order valence-electron chi connectivity index (χ4n) is 4.87. The molecule has 1 aromatic heterocycles. The third kappa shape index (κ3) is 5.58. The maximum atomic E-state index is 13.5. The molecular weight excluding hydrogens is 466 g/mol. The topological polar surface area (TPSA) is 83.8 Å². The van der Waals surface area contributed by atoms with Gasteiger partial charge in [-0.25, -0.2) is 0 Å². The lowest BCUT2D eigenvalue weighted by molar-refractivity contribution is 0.0608. The summed E-state index contributed by atoms with van der Waals surface area (Å²) in [6.45, 7) is 3.31. The molecule has 0 aliphatic carbocycles. The van der Waals surface area contributed by atoms with Crippen molar-refractivity contribution in [1.82, 2.24) is 14.8 Å². The van der Waals surface area contributed by atoms with Crippen LogP contribution in [0.15, 0.2) is 78.9 Å². The summed E-state index contributed by atoms with van der Waals surface area (Å²) in [6, 6.07) is 25.5. The van der Waals surface area contributed by atoms with Crippen LogP contribution < -0.4 is 10.1 Å². The van der Waals surface area contributed by atoms with Gasteiger partial charge in [0.2, 0.25) is 0 Å². The Hall–Kier alpha value is -3.94. The summed E-state index contributed by atoms with van der Waals surface area (Å²) in [4.78, 5) is 28.3. The number of nitrogens with one attached hydrogen (secondary N) is 1. The molecule has 0 bridgehead atoms. The van der Waals surface area contributed by atoms with E-state index in [1.54, 1.807) is 9.47 Å². The first-order valence-electron chi connectivity index (χ1n) is 12.6. The number of aliphatic hydroxyl groups excluding tert-OH is 1. The number of carbonyl (C=O) groups excluding carboxylic acids is 2. The Morgan fingerprint density at radius 3 is 2.51 bits per heavy atom. The quantitative estimate of drug-likeness (QED) is 0.348. The molecule has 1 aliphatic rings. The number of hydrogen-bond acceptors (Lipinski definition) is 5. The number of aryl methyl sites for hydroxylation is 1. The Balaban J connectivity index is 1.33. The lowest BCUT2D eigenvalue weighted by Gasteiger charge is -2.31. The van der Waals surface area contributed by atoms with E-state index < -0.39 is 0 Å². The highest BCUT2D eigenvalue weighted by atomic mass is 16.5. The predicted molar refractivity (Wildman–Crippen MR) is 143 cm³/mol. The Labute approximate surface area is 216 Å². The van der Waals surface area contributed by atoms with Crippen LogP contribution in [0.2, 0.25) is 0 Å². The predicted octanol–water partition coefficient (Wildman–Crippen LogP) is 3.82. The molecule has 0 spiro atoms. The number of hydrogen-bond donors (Lipinski definition) is 2. The van der Waals surface area contributed by atoms with E-state index in [1.807, 2.05) is 73.7 Å². The molecule has 1 aliphatic heterocycles. The number of aromatic nitrogens is 1. The van der Waals surface area contributed by atoms with Gasteiger partial charge in [-0.15, -0.1) is 0 Å². The minimum atomic E-state index is -0.126. The molecule has 1 amide bonds. The van der Waals surface area contributed by atoms with Crippen LogP contribution in [0.3, 0.4) is 0 Å². The largest absolute Gasteiger partial charge is 0.491 e. The zero-order valence-corrected chi connectivity index (χ0v) is 20.9.